The van der Waals surface area contributed by atoms with E-state index in [1.807, 2.05) is 0 Å². The third-order valence-electron chi connectivity index (χ3n) is 18.2. The van der Waals surface area contributed by atoms with Gasteiger partial charge in [0.1, 0.15) is 189 Å². The molecule has 0 bridgehead atoms. The second-order valence-electron chi connectivity index (χ2n) is 25.4. The lowest BCUT2D eigenvalue weighted by Gasteiger charge is -2.51. The maximum absolute atomic E-state index is 13.0. The van der Waals surface area contributed by atoms with E-state index in [4.69, 9.17) is 71.1 Å². The normalized spacial score (nSPS) is 48.7. The Morgan fingerprint density at radius 1 is 0.280 bits per heavy atom. The van der Waals surface area contributed by atoms with Crippen LogP contribution >= 0.6 is 0 Å². The predicted molar refractivity (Wildman–Crippen MR) is 309 cm³/mol. The summed E-state index contributed by atoms with van der Waals surface area (Å²) < 4.78 is 88.2. The minimum Gasteiger partial charge on any atom is -0.394 e. The summed E-state index contributed by atoms with van der Waals surface area (Å²) >= 11 is 0. The van der Waals surface area contributed by atoms with Crippen LogP contribution in [0.5, 0.6) is 0 Å². The molecule has 578 valence electrons. The topological polar surface area (TPSA) is 680 Å². The molecule has 0 aromatic rings. The van der Waals surface area contributed by atoms with E-state index in [0.29, 0.717) is 0 Å². The van der Waals surface area contributed by atoms with Crippen LogP contribution in [-0.4, -0.2) is 423 Å². The molecule has 0 saturated carbocycles. The minimum atomic E-state index is -2.46. The van der Waals surface area contributed by atoms with Gasteiger partial charge in [0.05, 0.1) is 52.4 Å². The highest BCUT2D eigenvalue weighted by molar-refractivity contribution is 5.74. The van der Waals surface area contributed by atoms with Gasteiger partial charge in [0.25, 0.3) is 0 Å². The van der Waals surface area contributed by atoms with E-state index >= 15 is 0 Å². The van der Waals surface area contributed by atoms with Gasteiger partial charge in [-0.15, -0.1) is 0 Å². The van der Waals surface area contributed by atoms with Crippen LogP contribution in [-0.2, 0) is 90.2 Å². The molecule has 40 atom stereocenters. The molecule has 8 fully saturated rings. The zero-order valence-corrected chi connectivity index (χ0v) is 54.2. The van der Waals surface area contributed by atoms with E-state index in [2.05, 4.69) is 21.3 Å². The zero-order chi connectivity index (χ0) is 73.8. The molecule has 8 saturated heterocycles. The van der Waals surface area contributed by atoms with Crippen molar-refractivity contribution in [3.8, 4) is 0 Å². The molecule has 8 aliphatic rings. The molecule has 8 heterocycles. The van der Waals surface area contributed by atoms with Gasteiger partial charge in [-0.2, -0.15) is 0 Å². The summed E-state index contributed by atoms with van der Waals surface area (Å²) in [4.78, 5) is 49.9. The van der Waals surface area contributed by atoms with Gasteiger partial charge in [-0.25, -0.2) is 0 Å². The van der Waals surface area contributed by atoms with Crippen LogP contribution in [0, 0.1) is 0 Å². The standard InChI is InChI=1S/C56H94N4O40/c1-13-29(70)38(79)41(82)53(88-13)86-12-24-46(36(77)25(49(85)89-24)57-14(2)66)97-52-28(60-17(5)69)37(78)44(21(9-64)93-52)98-55-43(84)47(99-54-42(83)40(81)45(22(10-65)94-54)96-50-26(58-15(3)67)34(75)30(71)18(6-61)90-50)33(74)23(95-55)11-87-56-48(39(80)32(73)20(8-63)92-56)100-51-27(59-16(4)68)35(76)31(72)19(7-62)91-51/h13,18-56,61-65,70-85H,6-12H2,1-5H3,(H,57,66)(H,58,67)(H,59,68)(H,60,69)/t13-,18+,19+,20+,21+,22+,23+,24+,25+,26+,27+,28+,29+,30+,31+,32+,33+,34+,35+,36+,37+,38+,39-,40+,41-,42-,43-,44+,45+,46+,47-,48-,49?,50-,51-,52-,53+,54+,55-,56-/m0/s1. The van der Waals surface area contributed by atoms with Crippen molar-refractivity contribution in [2.45, 2.75) is 280 Å². The molecular formula is C56H94N4O40. The lowest BCUT2D eigenvalue weighted by Crippen LogP contribution is -2.70. The van der Waals surface area contributed by atoms with Gasteiger partial charge in [0, 0.05) is 27.7 Å². The van der Waals surface area contributed by atoms with Crippen LogP contribution in [0.1, 0.15) is 34.6 Å². The van der Waals surface area contributed by atoms with Crippen molar-refractivity contribution in [3.63, 3.8) is 0 Å². The van der Waals surface area contributed by atoms with Gasteiger partial charge in [-0.3, -0.25) is 19.2 Å². The summed E-state index contributed by atoms with van der Waals surface area (Å²) in [5.74, 6) is -3.34. The first-order valence-electron chi connectivity index (χ1n) is 32.0. The number of hydrogen-bond acceptors (Lipinski definition) is 40. The van der Waals surface area contributed by atoms with Gasteiger partial charge >= 0.3 is 0 Å². The van der Waals surface area contributed by atoms with Gasteiger partial charge in [0.15, 0.2) is 50.3 Å². The smallest absolute Gasteiger partial charge is 0.217 e. The number of aliphatic hydroxyl groups excluding tert-OH is 21. The minimum absolute atomic E-state index is 0.791. The Hall–Kier alpha value is -3.56. The highest BCUT2D eigenvalue weighted by atomic mass is 16.8. The fourth-order valence-corrected chi connectivity index (χ4v) is 12.8. The van der Waals surface area contributed by atoms with Gasteiger partial charge in [-0.1, -0.05) is 0 Å². The van der Waals surface area contributed by atoms with Crippen LogP contribution in [0.15, 0.2) is 0 Å². The van der Waals surface area contributed by atoms with E-state index < -0.39 is 315 Å². The monoisotopic (exact) mass is 1460 g/mol. The number of rotatable bonds is 25. The summed E-state index contributed by atoms with van der Waals surface area (Å²) in [5, 5.41) is 242. The first kappa shape index (κ1) is 82.1. The van der Waals surface area contributed by atoms with Gasteiger partial charge < -0.3 is 200 Å². The number of hydrogen-bond donors (Lipinski definition) is 25. The average molecular weight is 1460 g/mol. The largest absolute Gasteiger partial charge is 0.394 e. The molecule has 8 rings (SSSR count). The van der Waals surface area contributed by atoms with Crippen LogP contribution in [0.2, 0.25) is 0 Å². The fourth-order valence-electron chi connectivity index (χ4n) is 12.8. The van der Waals surface area contributed by atoms with Crippen molar-refractivity contribution in [1.82, 2.24) is 21.3 Å². The molecule has 4 amide bonds. The number of aliphatic hydroxyl groups is 21. The number of amides is 4. The van der Waals surface area contributed by atoms with Crippen molar-refractivity contribution in [3.05, 3.63) is 0 Å². The van der Waals surface area contributed by atoms with Crippen LogP contribution < -0.4 is 21.3 Å². The molecule has 25 N–H and O–H groups in total. The maximum atomic E-state index is 13.0. The number of nitrogens with one attached hydrogen (secondary N) is 4. The third-order valence-corrected chi connectivity index (χ3v) is 18.2. The lowest BCUT2D eigenvalue weighted by molar-refractivity contribution is -0.391. The Balaban J connectivity index is 1.10. The van der Waals surface area contributed by atoms with Gasteiger partial charge in [0.2, 0.25) is 23.6 Å². The van der Waals surface area contributed by atoms with E-state index in [-0.39, 0.29) is 0 Å². The van der Waals surface area contributed by atoms with Crippen molar-refractivity contribution < 1.29 is 197 Å². The Labute approximate surface area is 567 Å². The number of ether oxygens (including phenoxy) is 15. The molecule has 100 heavy (non-hydrogen) atoms. The van der Waals surface area contributed by atoms with E-state index in [9.17, 15) is 126 Å². The molecule has 8 aliphatic heterocycles. The molecule has 0 aliphatic carbocycles. The second kappa shape index (κ2) is 35.7. The molecule has 44 heteroatoms. The SMILES string of the molecule is CC(=O)N[C@H]1[C@H](O[C@H]2[C@H](O)[C@@H](NC(C)=O)C(O)O[C@@H]2CO[C@@H]2O[C@@H](C)[C@@H](O)[C@@H](O)[C@@H]2O)O[C@H](CO)[C@@H](O[C@@H]2O[C@H](CO[C@H]3O[C@H](CO)[C@@H](O)[C@H](O)[C@@H]3O[C@@H]3O[C@H](CO)[C@@H](O)[C@H](O)[C@H]3NC(C)=O)[C@@H](O)[C@H](O[C@H]3O[C@H](CO)[C@@H](O[C@@H]4O[C@H](CO)[C@@H](O)[C@H](O)[C@H]4NC(C)=O)[C@H](O)[C@@H]3O)[C@@H]2O)[C@@H]1O. The quantitative estimate of drug-likeness (QED) is 0.0404. The highest BCUT2D eigenvalue weighted by Gasteiger charge is 2.59. The Kier molecular flexibility index (Phi) is 29.3. The van der Waals surface area contributed by atoms with Crippen molar-refractivity contribution in [1.29, 1.82) is 0 Å². The molecule has 0 spiro atoms. The van der Waals surface area contributed by atoms with E-state index in [1.165, 1.54) is 6.92 Å². The number of carbonyl (C=O) groups is 4. The van der Waals surface area contributed by atoms with Crippen molar-refractivity contribution in [2.24, 2.45) is 0 Å². The van der Waals surface area contributed by atoms with Crippen molar-refractivity contribution >= 4 is 23.6 Å². The first-order chi connectivity index (χ1) is 47.2. The third kappa shape index (κ3) is 18.3. The summed E-state index contributed by atoms with van der Waals surface area (Å²) in [7, 11) is 0. The van der Waals surface area contributed by atoms with E-state index in [1.54, 1.807) is 0 Å². The molecule has 0 aromatic heterocycles. The second-order valence-corrected chi connectivity index (χ2v) is 25.4. The summed E-state index contributed by atoms with van der Waals surface area (Å²) in [6.07, 6.45) is -70.7. The van der Waals surface area contributed by atoms with Crippen LogP contribution in [0.4, 0.5) is 0 Å². The highest BCUT2D eigenvalue weighted by Crippen LogP contribution is 2.38. The lowest BCUT2D eigenvalue weighted by atomic mass is 9.93. The Morgan fingerprint density at radius 2 is 0.610 bits per heavy atom. The Morgan fingerprint density at radius 3 is 1.10 bits per heavy atom. The molecule has 44 nitrogen and oxygen atoms in total. The average Bonchev–Trinajstić information content (AvgIpc) is 1.61. The molecule has 0 radical (unpaired) electrons. The number of carbonyl (C=O) groups excluding carboxylic acids is 4. The molecular weight excluding hydrogens is 1370 g/mol. The van der Waals surface area contributed by atoms with Crippen LogP contribution in [0.25, 0.3) is 0 Å². The Bertz CT molecular complexity index is 2620. The fraction of sp³-hybridized carbons (Fsp3) is 0.929. The summed E-state index contributed by atoms with van der Waals surface area (Å²) in [6.45, 7) is -1.77. The summed E-state index contributed by atoms with van der Waals surface area (Å²) in [5.41, 5.74) is 0. The van der Waals surface area contributed by atoms with Crippen LogP contribution in [0.3, 0.4) is 0 Å². The molecule has 1 unspecified atom stereocenters. The maximum Gasteiger partial charge on any atom is 0.217 e. The zero-order valence-electron chi connectivity index (χ0n) is 54.2. The van der Waals surface area contributed by atoms with Crippen molar-refractivity contribution in [2.75, 3.05) is 46.2 Å². The van der Waals surface area contributed by atoms with E-state index in [0.717, 1.165) is 27.7 Å². The molecule has 0 aromatic carbocycles. The predicted octanol–water partition coefficient (Wildman–Crippen LogP) is -16.8. The first-order valence-corrected chi connectivity index (χ1v) is 32.0. The summed E-state index contributed by atoms with van der Waals surface area (Å²) in [6, 6.07) is -6.95. The van der Waals surface area contributed by atoms with Gasteiger partial charge in [-0.05, 0) is 6.92 Å².